The van der Waals surface area contributed by atoms with E-state index < -0.39 is 30.3 Å². The van der Waals surface area contributed by atoms with Crippen LogP contribution in [0.3, 0.4) is 0 Å². The van der Waals surface area contributed by atoms with Crippen LogP contribution in [0.4, 0.5) is 17.5 Å². The number of anilines is 3. The first-order valence-electron chi connectivity index (χ1n) is 10.1. The van der Waals surface area contributed by atoms with Crippen LogP contribution in [0, 0.1) is 0 Å². The summed E-state index contributed by atoms with van der Waals surface area (Å²) in [5, 5.41) is 24.1. The van der Waals surface area contributed by atoms with Gasteiger partial charge in [-0.05, 0) is 47.9 Å². The lowest BCUT2D eigenvalue weighted by atomic mass is 9.99. The van der Waals surface area contributed by atoms with Crippen molar-refractivity contribution in [2.45, 2.75) is 32.4 Å². The van der Waals surface area contributed by atoms with Crippen molar-refractivity contribution in [3.05, 3.63) is 53.1 Å². The molecule has 0 aliphatic carbocycles. The van der Waals surface area contributed by atoms with Gasteiger partial charge in [0, 0.05) is 23.2 Å². The van der Waals surface area contributed by atoms with Crippen molar-refractivity contribution in [2.24, 2.45) is 0 Å². The van der Waals surface area contributed by atoms with Gasteiger partial charge in [-0.3, -0.25) is 9.59 Å². The number of aliphatic carboxylic acids is 2. The van der Waals surface area contributed by atoms with Crippen LogP contribution in [0.25, 0.3) is 10.9 Å². The molecule has 0 saturated heterocycles. The molecule has 8 N–H and O–H groups in total. The number of carbonyl (C=O) groups excluding carboxylic acids is 1. The second kappa shape index (κ2) is 9.81. The summed E-state index contributed by atoms with van der Waals surface area (Å²) < 4.78 is 0. The quantitative estimate of drug-likeness (QED) is 0.278. The van der Waals surface area contributed by atoms with Crippen LogP contribution in [0.2, 0.25) is 0 Å². The Balaban J connectivity index is 1.72. The lowest BCUT2D eigenvalue weighted by molar-refractivity contribution is -0.145. The molecule has 0 spiro atoms. The average Bonchev–Trinajstić information content (AvgIpc) is 2.76. The third-order valence-corrected chi connectivity index (χ3v) is 5.08. The van der Waals surface area contributed by atoms with E-state index in [2.05, 4.69) is 20.6 Å². The molecule has 0 saturated carbocycles. The number of nitrogens with zero attached hydrogens (tertiary/aromatic N) is 2. The highest BCUT2D eigenvalue weighted by atomic mass is 16.4. The number of amides is 1. The molecule has 11 nitrogen and oxygen atoms in total. The van der Waals surface area contributed by atoms with E-state index >= 15 is 0 Å². The summed E-state index contributed by atoms with van der Waals surface area (Å²) >= 11 is 0. The number of aromatic nitrogens is 2. The first-order chi connectivity index (χ1) is 15.7. The Bertz CT molecular complexity index is 1210. The maximum atomic E-state index is 12.3. The predicted molar refractivity (Wildman–Crippen MR) is 123 cm³/mol. The van der Waals surface area contributed by atoms with Gasteiger partial charge in [0.1, 0.15) is 11.9 Å². The number of fused-ring (bicyclic) bond motifs is 1. The van der Waals surface area contributed by atoms with Gasteiger partial charge in [-0.1, -0.05) is 13.0 Å². The number of carboxylic acid groups (broad SMARTS) is 2. The Kier molecular flexibility index (Phi) is 6.91. The van der Waals surface area contributed by atoms with Gasteiger partial charge in [0.2, 0.25) is 5.95 Å². The van der Waals surface area contributed by atoms with Crippen molar-refractivity contribution in [3.63, 3.8) is 0 Å². The molecule has 1 heterocycles. The zero-order valence-corrected chi connectivity index (χ0v) is 17.8. The Morgan fingerprint density at radius 2 is 1.73 bits per heavy atom. The van der Waals surface area contributed by atoms with Crippen LogP contribution in [0.15, 0.2) is 36.4 Å². The zero-order chi connectivity index (χ0) is 24.1. The molecule has 1 amide bonds. The lowest BCUT2D eigenvalue weighted by Crippen LogP contribution is -2.42. The van der Waals surface area contributed by atoms with Crippen LogP contribution in [-0.4, -0.2) is 44.1 Å². The number of benzene rings is 2. The fourth-order valence-corrected chi connectivity index (χ4v) is 3.51. The summed E-state index contributed by atoms with van der Waals surface area (Å²) in [6.07, 6.45) is 0.000403. The molecular weight excluding hydrogens is 428 g/mol. The number of carboxylic acids is 2. The Morgan fingerprint density at radius 1 is 1.03 bits per heavy atom. The Morgan fingerprint density at radius 3 is 2.33 bits per heavy atom. The van der Waals surface area contributed by atoms with Gasteiger partial charge in [-0.25, -0.2) is 9.78 Å². The van der Waals surface area contributed by atoms with Crippen LogP contribution in [-0.2, 0) is 22.6 Å². The first-order valence-corrected chi connectivity index (χ1v) is 10.1. The minimum absolute atomic E-state index is 0.120. The van der Waals surface area contributed by atoms with E-state index in [0.717, 1.165) is 22.2 Å². The number of aryl methyl sites for hydroxylation is 1. The molecule has 0 aliphatic heterocycles. The molecule has 2 aromatic carbocycles. The van der Waals surface area contributed by atoms with E-state index in [1.54, 1.807) is 12.1 Å². The maximum absolute atomic E-state index is 12.3. The normalized spacial score (nSPS) is 11.7. The van der Waals surface area contributed by atoms with Crippen molar-refractivity contribution in [1.29, 1.82) is 0 Å². The highest BCUT2D eigenvalue weighted by molar-refractivity contribution is 5.97. The molecule has 3 aromatic rings. The van der Waals surface area contributed by atoms with Crippen molar-refractivity contribution >= 4 is 46.2 Å². The molecule has 172 valence electrons. The average molecular weight is 452 g/mol. The molecule has 1 unspecified atom stereocenters. The van der Waals surface area contributed by atoms with E-state index in [9.17, 15) is 14.4 Å². The van der Waals surface area contributed by atoms with E-state index in [1.807, 2.05) is 19.1 Å². The first kappa shape index (κ1) is 23.3. The van der Waals surface area contributed by atoms with E-state index in [-0.39, 0.29) is 11.5 Å². The third-order valence-electron chi connectivity index (χ3n) is 5.08. The van der Waals surface area contributed by atoms with Gasteiger partial charge in [0.15, 0.2) is 0 Å². The van der Waals surface area contributed by atoms with Crippen LogP contribution < -0.4 is 22.1 Å². The number of hydrogen-bond acceptors (Lipinski definition) is 8. The summed E-state index contributed by atoms with van der Waals surface area (Å²) in [6, 6.07) is 8.65. The van der Waals surface area contributed by atoms with E-state index in [1.165, 1.54) is 12.1 Å². The summed E-state index contributed by atoms with van der Waals surface area (Å²) in [4.78, 5) is 42.5. The topological polar surface area (TPSA) is 194 Å². The summed E-state index contributed by atoms with van der Waals surface area (Å²) in [5.74, 6) is -2.96. The zero-order valence-electron chi connectivity index (χ0n) is 17.8. The molecule has 1 aromatic heterocycles. The number of nitrogens with two attached hydrogens (primary N) is 2. The molecule has 11 heteroatoms. The molecule has 33 heavy (non-hydrogen) atoms. The molecular formula is C22H24N6O5. The summed E-state index contributed by atoms with van der Waals surface area (Å²) in [7, 11) is 0. The van der Waals surface area contributed by atoms with E-state index in [4.69, 9.17) is 21.7 Å². The van der Waals surface area contributed by atoms with Crippen LogP contribution >= 0.6 is 0 Å². The van der Waals surface area contributed by atoms with Crippen LogP contribution in [0.5, 0.6) is 0 Å². The van der Waals surface area contributed by atoms with Gasteiger partial charge in [-0.2, -0.15) is 4.98 Å². The van der Waals surface area contributed by atoms with Gasteiger partial charge in [0.05, 0.1) is 11.9 Å². The molecule has 0 radical (unpaired) electrons. The number of rotatable bonds is 9. The minimum atomic E-state index is -1.51. The lowest BCUT2D eigenvalue weighted by Gasteiger charge is -2.15. The molecule has 0 aliphatic rings. The third kappa shape index (κ3) is 5.45. The minimum Gasteiger partial charge on any atom is -0.481 e. The van der Waals surface area contributed by atoms with Crippen molar-refractivity contribution < 1.29 is 24.6 Å². The van der Waals surface area contributed by atoms with Gasteiger partial charge in [0.25, 0.3) is 5.91 Å². The van der Waals surface area contributed by atoms with Crippen molar-refractivity contribution in [3.8, 4) is 0 Å². The van der Waals surface area contributed by atoms with Crippen molar-refractivity contribution in [2.75, 3.05) is 16.8 Å². The van der Waals surface area contributed by atoms with E-state index in [0.29, 0.717) is 24.3 Å². The summed E-state index contributed by atoms with van der Waals surface area (Å²) in [5.41, 5.74) is 15.4. The summed E-state index contributed by atoms with van der Waals surface area (Å²) in [6.45, 7) is 2.49. The number of carbonyl (C=O) groups is 3. The SMILES string of the molecule is CCc1c(CNc2ccc(C(=O)NC(CC(=O)O)C(=O)O)cc2)ccc2nc(N)nc(N)c12. The van der Waals surface area contributed by atoms with Crippen LogP contribution in [0.1, 0.15) is 34.8 Å². The Labute approximate surface area is 188 Å². The molecule has 1 atom stereocenters. The highest BCUT2D eigenvalue weighted by Gasteiger charge is 2.23. The smallest absolute Gasteiger partial charge is 0.326 e. The number of nitrogen functional groups attached to an aromatic ring is 2. The largest absolute Gasteiger partial charge is 0.481 e. The standard InChI is InChI=1S/C22H24N6O5/c1-2-14-12(5-8-15-18(14)19(23)28-22(24)27-15)10-25-13-6-3-11(4-7-13)20(31)26-16(21(32)33)9-17(29)30/h3-8,16,25H,2,9-10H2,1H3,(H,26,31)(H,29,30)(H,32,33)(H4,23,24,27,28). The molecule has 0 bridgehead atoms. The fourth-order valence-electron chi connectivity index (χ4n) is 3.51. The van der Waals surface area contributed by atoms with Gasteiger partial charge >= 0.3 is 11.9 Å². The van der Waals surface area contributed by atoms with Gasteiger partial charge < -0.3 is 32.3 Å². The highest BCUT2D eigenvalue weighted by Crippen LogP contribution is 2.27. The number of nitrogens with one attached hydrogen (secondary N) is 2. The second-order valence-electron chi connectivity index (χ2n) is 7.31. The molecule has 3 rings (SSSR count). The number of hydrogen-bond donors (Lipinski definition) is 6. The fraction of sp³-hybridized carbons (Fsp3) is 0.227. The maximum Gasteiger partial charge on any atom is 0.326 e. The van der Waals surface area contributed by atoms with Gasteiger partial charge in [-0.15, -0.1) is 0 Å². The Hall–Kier alpha value is -4.41. The molecule has 0 fully saturated rings. The second-order valence-corrected chi connectivity index (χ2v) is 7.31. The predicted octanol–water partition coefficient (Wildman–Crippen LogP) is 1.63. The monoisotopic (exact) mass is 452 g/mol. The van der Waals surface area contributed by atoms with Crippen molar-refractivity contribution in [1.82, 2.24) is 15.3 Å².